The van der Waals surface area contributed by atoms with Gasteiger partial charge in [-0.25, -0.2) is 0 Å². The maximum Gasteiger partial charge on any atom is 0.141 e. The van der Waals surface area contributed by atoms with Gasteiger partial charge in [-0.1, -0.05) is 41.9 Å². The first-order valence-corrected chi connectivity index (χ1v) is 11.0. The number of ether oxygens (including phenoxy) is 1. The fourth-order valence-electron chi connectivity index (χ4n) is 3.38. The number of hydrogen-bond acceptors (Lipinski definition) is 2. The van der Waals surface area contributed by atoms with E-state index in [2.05, 4.69) is 74.9 Å². The lowest BCUT2D eigenvalue weighted by molar-refractivity contribution is 0.187. The van der Waals surface area contributed by atoms with Gasteiger partial charge in [0.2, 0.25) is 0 Å². The van der Waals surface area contributed by atoms with Crippen molar-refractivity contribution >= 4 is 31.9 Å². The average molecular weight is 481 g/mol. The van der Waals surface area contributed by atoms with E-state index in [1.165, 1.54) is 44.5 Å². The molecule has 1 heterocycles. The van der Waals surface area contributed by atoms with Gasteiger partial charge in [-0.05, 0) is 103 Å². The van der Waals surface area contributed by atoms with Gasteiger partial charge < -0.3 is 9.64 Å². The highest BCUT2D eigenvalue weighted by Crippen LogP contribution is 2.32. The maximum atomic E-state index is 5.99. The largest absolute Gasteiger partial charge is 0.456 e. The van der Waals surface area contributed by atoms with Crippen LogP contribution in [-0.4, -0.2) is 24.5 Å². The Balaban J connectivity index is 1.53. The number of piperidine rings is 1. The lowest BCUT2D eigenvalue weighted by Crippen LogP contribution is -2.34. The Bertz CT molecular complexity index is 709. The van der Waals surface area contributed by atoms with Crippen molar-refractivity contribution in [3.05, 3.63) is 57.0 Å². The van der Waals surface area contributed by atoms with E-state index in [0.717, 1.165) is 26.4 Å². The molecule has 4 heteroatoms. The van der Waals surface area contributed by atoms with E-state index in [1.807, 2.05) is 18.2 Å². The van der Waals surface area contributed by atoms with Crippen molar-refractivity contribution < 1.29 is 4.74 Å². The number of rotatable bonds is 6. The van der Waals surface area contributed by atoms with Gasteiger partial charge in [-0.3, -0.25) is 0 Å². The molecule has 0 radical (unpaired) electrons. The summed E-state index contributed by atoms with van der Waals surface area (Å²) in [4.78, 5) is 2.62. The van der Waals surface area contributed by atoms with Crippen LogP contribution >= 0.6 is 31.9 Å². The zero-order chi connectivity index (χ0) is 18.5. The first kappa shape index (κ1) is 19.9. The predicted molar refractivity (Wildman–Crippen MR) is 116 cm³/mol. The van der Waals surface area contributed by atoms with Crippen molar-refractivity contribution in [3.63, 3.8) is 0 Å². The third-order valence-corrected chi connectivity index (χ3v) is 6.44. The Morgan fingerprint density at radius 2 is 1.77 bits per heavy atom. The van der Waals surface area contributed by atoms with Gasteiger partial charge in [0.25, 0.3) is 0 Å². The summed E-state index contributed by atoms with van der Waals surface area (Å²) in [6, 6.07) is 14.5. The smallest absolute Gasteiger partial charge is 0.141 e. The standard InChI is InChI=1S/C22H27Br2NO/c1-16-9-12-25(13-10-16)14-11-17(2)18-3-6-20(7-4-18)26-22-8-5-19(23)15-21(22)24/h3-8,15-17H,9-14H2,1-2H3. The summed E-state index contributed by atoms with van der Waals surface area (Å²) in [6.07, 6.45) is 3.92. The van der Waals surface area contributed by atoms with Gasteiger partial charge >= 0.3 is 0 Å². The first-order valence-electron chi connectivity index (χ1n) is 9.46. The highest BCUT2D eigenvalue weighted by Gasteiger charge is 2.16. The van der Waals surface area contributed by atoms with E-state index < -0.39 is 0 Å². The van der Waals surface area contributed by atoms with E-state index in [1.54, 1.807) is 0 Å². The summed E-state index contributed by atoms with van der Waals surface area (Å²) in [6.45, 7) is 8.44. The zero-order valence-corrected chi connectivity index (χ0v) is 18.7. The summed E-state index contributed by atoms with van der Waals surface area (Å²) in [5.74, 6) is 3.17. The Labute approximate surface area is 174 Å². The van der Waals surface area contributed by atoms with Gasteiger partial charge in [-0.2, -0.15) is 0 Å². The van der Waals surface area contributed by atoms with Crippen LogP contribution in [0.4, 0.5) is 0 Å². The highest BCUT2D eigenvalue weighted by atomic mass is 79.9. The summed E-state index contributed by atoms with van der Waals surface area (Å²) in [5.41, 5.74) is 1.39. The molecular formula is C22H27Br2NO. The van der Waals surface area contributed by atoms with Gasteiger partial charge in [0.05, 0.1) is 4.47 Å². The molecule has 1 saturated heterocycles. The molecule has 0 amide bonds. The van der Waals surface area contributed by atoms with E-state index in [0.29, 0.717) is 5.92 Å². The Morgan fingerprint density at radius 3 is 2.42 bits per heavy atom. The third-order valence-electron chi connectivity index (χ3n) is 5.33. The lowest BCUT2D eigenvalue weighted by Gasteiger charge is -2.31. The van der Waals surface area contributed by atoms with Crippen LogP contribution in [0.15, 0.2) is 51.4 Å². The van der Waals surface area contributed by atoms with Crippen LogP contribution in [0.25, 0.3) is 0 Å². The number of likely N-dealkylation sites (tertiary alicyclic amines) is 1. The molecule has 2 aromatic rings. The summed E-state index contributed by atoms with van der Waals surface area (Å²) >= 11 is 7.01. The molecule has 26 heavy (non-hydrogen) atoms. The van der Waals surface area contributed by atoms with E-state index in [4.69, 9.17) is 4.74 Å². The lowest BCUT2D eigenvalue weighted by atomic mass is 9.95. The van der Waals surface area contributed by atoms with Crippen LogP contribution in [-0.2, 0) is 0 Å². The fourth-order valence-corrected chi connectivity index (χ4v) is 4.51. The second-order valence-electron chi connectivity index (χ2n) is 7.46. The molecule has 3 rings (SSSR count). The minimum Gasteiger partial charge on any atom is -0.456 e. The molecule has 0 aromatic heterocycles. The first-order chi connectivity index (χ1) is 12.5. The van der Waals surface area contributed by atoms with E-state index >= 15 is 0 Å². The molecule has 0 aliphatic carbocycles. The SMILES string of the molecule is CC1CCN(CCC(C)c2ccc(Oc3ccc(Br)cc3Br)cc2)CC1. The second kappa shape index (κ2) is 9.38. The number of halogens is 2. The molecule has 0 N–H and O–H groups in total. The third kappa shape index (κ3) is 5.58. The molecule has 1 aliphatic rings. The second-order valence-corrected chi connectivity index (χ2v) is 9.23. The van der Waals surface area contributed by atoms with Crippen LogP contribution in [0, 0.1) is 5.92 Å². The Kier molecular flexibility index (Phi) is 7.19. The average Bonchev–Trinajstić information content (AvgIpc) is 2.64. The number of benzene rings is 2. The minimum atomic E-state index is 0.572. The Hall–Kier alpha value is -0.840. The molecule has 0 bridgehead atoms. The van der Waals surface area contributed by atoms with Crippen molar-refractivity contribution in [3.8, 4) is 11.5 Å². The summed E-state index contributed by atoms with van der Waals surface area (Å²) < 4.78 is 7.96. The zero-order valence-electron chi connectivity index (χ0n) is 15.6. The van der Waals surface area contributed by atoms with Crippen LogP contribution in [0.5, 0.6) is 11.5 Å². The predicted octanol–water partition coefficient (Wildman–Crippen LogP) is 7.23. The summed E-state index contributed by atoms with van der Waals surface area (Å²) in [7, 11) is 0. The molecule has 2 nitrogen and oxygen atoms in total. The molecule has 140 valence electrons. The van der Waals surface area contributed by atoms with Crippen LogP contribution < -0.4 is 4.74 Å². The Morgan fingerprint density at radius 1 is 1.08 bits per heavy atom. The van der Waals surface area contributed by atoms with Gasteiger partial charge in [0.15, 0.2) is 0 Å². The van der Waals surface area contributed by atoms with Crippen molar-refractivity contribution in [1.82, 2.24) is 4.90 Å². The monoisotopic (exact) mass is 479 g/mol. The summed E-state index contributed by atoms with van der Waals surface area (Å²) in [5, 5.41) is 0. The molecule has 1 fully saturated rings. The number of nitrogens with zero attached hydrogens (tertiary/aromatic N) is 1. The van der Waals surface area contributed by atoms with Crippen LogP contribution in [0.3, 0.4) is 0 Å². The van der Waals surface area contributed by atoms with Crippen LogP contribution in [0.1, 0.15) is 44.6 Å². The highest BCUT2D eigenvalue weighted by molar-refractivity contribution is 9.11. The van der Waals surface area contributed by atoms with Crippen molar-refractivity contribution in [2.24, 2.45) is 5.92 Å². The van der Waals surface area contributed by atoms with Gasteiger partial charge in [0.1, 0.15) is 11.5 Å². The molecule has 1 atom stereocenters. The topological polar surface area (TPSA) is 12.5 Å². The van der Waals surface area contributed by atoms with Crippen LogP contribution in [0.2, 0.25) is 0 Å². The normalized spacial score (nSPS) is 17.2. The van der Waals surface area contributed by atoms with Crippen molar-refractivity contribution in [1.29, 1.82) is 0 Å². The number of hydrogen-bond donors (Lipinski definition) is 0. The van der Waals surface area contributed by atoms with Gasteiger partial charge in [0, 0.05) is 4.47 Å². The van der Waals surface area contributed by atoms with Gasteiger partial charge in [-0.15, -0.1) is 0 Å². The minimum absolute atomic E-state index is 0.572. The fraction of sp³-hybridized carbons (Fsp3) is 0.455. The van der Waals surface area contributed by atoms with E-state index in [-0.39, 0.29) is 0 Å². The quantitative estimate of drug-likeness (QED) is 0.432. The molecular weight excluding hydrogens is 454 g/mol. The molecule has 1 unspecified atom stereocenters. The molecule has 0 saturated carbocycles. The van der Waals surface area contributed by atoms with Crippen molar-refractivity contribution in [2.45, 2.75) is 39.0 Å². The molecule has 2 aromatic carbocycles. The van der Waals surface area contributed by atoms with E-state index in [9.17, 15) is 0 Å². The van der Waals surface area contributed by atoms with Crippen molar-refractivity contribution in [2.75, 3.05) is 19.6 Å². The molecule has 0 spiro atoms. The maximum absolute atomic E-state index is 5.99. The molecule has 1 aliphatic heterocycles.